The molecule has 0 aliphatic carbocycles. The molecule has 0 spiro atoms. The average molecular weight is 232 g/mol. The molecule has 0 aromatic heterocycles. The first-order valence-corrected chi connectivity index (χ1v) is 6.17. The van der Waals surface area contributed by atoms with E-state index in [4.69, 9.17) is 0 Å². The number of benzene rings is 1. The van der Waals surface area contributed by atoms with E-state index in [1.54, 1.807) is 0 Å². The number of rotatable bonds is 3. The van der Waals surface area contributed by atoms with Gasteiger partial charge >= 0.3 is 0 Å². The van der Waals surface area contributed by atoms with Gasteiger partial charge in [0, 0.05) is 13.1 Å². The minimum atomic E-state index is 0.171. The zero-order valence-corrected chi connectivity index (χ0v) is 10.6. The molecule has 0 radical (unpaired) electrons. The molecule has 1 unspecified atom stereocenters. The smallest absolute Gasteiger partial charge is 0.224 e. The molecule has 1 aliphatic heterocycles. The van der Waals surface area contributed by atoms with Crippen molar-refractivity contribution >= 4 is 5.91 Å². The first kappa shape index (κ1) is 12.1. The van der Waals surface area contributed by atoms with Gasteiger partial charge in [0.15, 0.2) is 0 Å². The normalized spacial score (nSPS) is 20.5. The lowest BCUT2D eigenvalue weighted by Gasteiger charge is -2.11. The third-order valence-electron chi connectivity index (χ3n) is 3.31. The zero-order chi connectivity index (χ0) is 12.3. The van der Waals surface area contributed by atoms with Crippen LogP contribution in [0.1, 0.15) is 17.5 Å². The Bertz CT molecular complexity index is 403. The molecule has 1 saturated heterocycles. The van der Waals surface area contributed by atoms with E-state index in [1.165, 1.54) is 11.1 Å². The molecule has 1 amide bonds. The summed E-state index contributed by atoms with van der Waals surface area (Å²) in [5.41, 5.74) is 2.40. The van der Waals surface area contributed by atoms with Gasteiger partial charge in [-0.05, 0) is 32.5 Å². The number of aryl methyl sites for hydroxylation is 1. The number of likely N-dealkylation sites (tertiary alicyclic amines) is 1. The van der Waals surface area contributed by atoms with E-state index < -0.39 is 0 Å². The maximum Gasteiger partial charge on any atom is 0.224 e. The topological polar surface area (TPSA) is 32.3 Å². The summed E-state index contributed by atoms with van der Waals surface area (Å²) in [5, 5.41) is 3.02. The van der Waals surface area contributed by atoms with Crippen molar-refractivity contribution in [2.75, 3.05) is 20.1 Å². The van der Waals surface area contributed by atoms with Crippen molar-refractivity contribution in [1.82, 2.24) is 10.2 Å². The van der Waals surface area contributed by atoms with Crippen LogP contribution in [0.5, 0.6) is 0 Å². The maximum atomic E-state index is 11.9. The van der Waals surface area contributed by atoms with Gasteiger partial charge < -0.3 is 10.2 Å². The monoisotopic (exact) mass is 232 g/mol. The lowest BCUT2D eigenvalue weighted by Crippen LogP contribution is -2.31. The van der Waals surface area contributed by atoms with Crippen molar-refractivity contribution < 1.29 is 4.79 Å². The minimum absolute atomic E-state index is 0.171. The van der Waals surface area contributed by atoms with Gasteiger partial charge in [-0.25, -0.2) is 0 Å². The molecule has 0 bridgehead atoms. The van der Waals surface area contributed by atoms with Gasteiger partial charge in [-0.1, -0.05) is 29.8 Å². The number of hydrogen-bond donors (Lipinski definition) is 1. The molecular weight excluding hydrogens is 212 g/mol. The third kappa shape index (κ3) is 3.30. The van der Waals surface area contributed by atoms with Crippen LogP contribution in [0.3, 0.4) is 0 Å². The summed E-state index contributed by atoms with van der Waals surface area (Å²) in [6.45, 7) is 4.63. The van der Waals surface area contributed by atoms with E-state index in [1.807, 2.05) is 12.1 Å². The highest BCUT2D eigenvalue weighted by Gasteiger charge is 2.25. The molecule has 1 aromatic carbocycles. The van der Waals surface area contributed by atoms with Crippen molar-refractivity contribution in [3.63, 3.8) is 0 Å². The molecule has 1 fully saturated rings. The van der Waals surface area contributed by atoms with E-state index in [2.05, 4.69) is 36.3 Å². The summed E-state index contributed by atoms with van der Waals surface area (Å²) in [7, 11) is 2.06. The Balaban J connectivity index is 1.84. The van der Waals surface area contributed by atoms with Crippen molar-refractivity contribution in [2.24, 2.45) is 5.92 Å². The summed E-state index contributed by atoms with van der Waals surface area (Å²) in [4.78, 5) is 14.1. The number of carbonyl (C=O) groups excluding carboxylic acids is 1. The number of nitrogens with one attached hydrogen (secondary N) is 1. The average Bonchev–Trinajstić information content (AvgIpc) is 2.73. The van der Waals surface area contributed by atoms with E-state index in [0.717, 1.165) is 19.5 Å². The van der Waals surface area contributed by atoms with Crippen molar-refractivity contribution in [3.8, 4) is 0 Å². The summed E-state index contributed by atoms with van der Waals surface area (Å²) in [5.74, 6) is 0.362. The fraction of sp³-hybridized carbons (Fsp3) is 0.500. The van der Waals surface area contributed by atoms with Gasteiger partial charge in [0.2, 0.25) is 5.91 Å². The van der Waals surface area contributed by atoms with Gasteiger partial charge in [0.25, 0.3) is 0 Å². The molecule has 0 saturated carbocycles. The molecule has 17 heavy (non-hydrogen) atoms. The molecule has 1 N–H and O–H groups in total. The first-order chi connectivity index (χ1) is 8.15. The second kappa shape index (κ2) is 5.32. The molecule has 1 heterocycles. The fourth-order valence-corrected chi connectivity index (χ4v) is 2.30. The van der Waals surface area contributed by atoms with Crippen LogP contribution in [-0.4, -0.2) is 30.9 Å². The molecule has 3 nitrogen and oxygen atoms in total. The molecule has 1 aromatic rings. The molecule has 1 aliphatic rings. The Morgan fingerprint density at radius 3 is 3.00 bits per heavy atom. The second-order valence-corrected chi connectivity index (χ2v) is 4.95. The standard InChI is InChI=1S/C14H20N2O/c1-11-4-3-5-12(8-11)9-15-14(17)13-6-7-16(2)10-13/h3-5,8,13H,6-7,9-10H2,1-2H3,(H,15,17). The number of amides is 1. The van der Waals surface area contributed by atoms with E-state index in [9.17, 15) is 4.79 Å². The van der Waals surface area contributed by atoms with Gasteiger partial charge in [-0.2, -0.15) is 0 Å². The Morgan fingerprint density at radius 2 is 2.35 bits per heavy atom. The van der Waals surface area contributed by atoms with Crippen molar-refractivity contribution in [3.05, 3.63) is 35.4 Å². The van der Waals surface area contributed by atoms with E-state index >= 15 is 0 Å². The summed E-state index contributed by atoms with van der Waals surface area (Å²) in [6.07, 6.45) is 0.982. The lowest BCUT2D eigenvalue weighted by molar-refractivity contribution is -0.124. The van der Waals surface area contributed by atoms with Crippen LogP contribution in [0, 0.1) is 12.8 Å². The molecular formula is C14H20N2O. The van der Waals surface area contributed by atoms with Crippen LogP contribution in [-0.2, 0) is 11.3 Å². The predicted molar refractivity (Wildman–Crippen MR) is 68.6 cm³/mol. The SMILES string of the molecule is Cc1cccc(CNC(=O)C2CCN(C)C2)c1. The fourth-order valence-electron chi connectivity index (χ4n) is 2.30. The summed E-state index contributed by atoms with van der Waals surface area (Å²) < 4.78 is 0. The maximum absolute atomic E-state index is 11.9. The largest absolute Gasteiger partial charge is 0.352 e. The van der Waals surface area contributed by atoms with Crippen LogP contribution in [0.25, 0.3) is 0 Å². The quantitative estimate of drug-likeness (QED) is 0.858. The molecule has 1 atom stereocenters. The van der Waals surface area contributed by atoms with Crippen LogP contribution in [0.4, 0.5) is 0 Å². The highest BCUT2D eigenvalue weighted by atomic mass is 16.1. The highest BCUT2D eigenvalue weighted by molar-refractivity contribution is 5.79. The number of nitrogens with zero attached hydrogens (tertiary/aromatic N) is 1. The Labute approximate surface area is 103 Å². The van der Waals surface area contributed by atoms with Crippen LogP contribution in [0.2, 0.25) is 0 Å². The third-order valence-corrected chi connectivity index (χ3v) is 3.31. The Morgan fingerprint density at radius 1 is 1.53 bits per heavy atom. The van der Waals surface area contributed by atoms with Crippen molar-refractivity contribution in [2.45, 2.75) is 19.9 Å². The minimum Gasteiger partial charge on any atom is -0.352 e. The lowest BCUT2D eigenvalue weighted by atomic mass is 10.1. The highest BCUT2D eigenvalue weighted by Crippen LogP contribution is 2.14. The number of carbonyl (C=O) groups is 1. The number of hydrogen-bond acceptors (Lipinski definition) is 2. The van der Waals surface area contributed by atoms with Gasteiger partial charge in [-0.3, -0.25) is 4.79 Å². The predicted octanol–water partition coefficient (Wildman–Crippen LogP) is 1.56. The Hall–Kier alpha value is -1.35. The van der Waals surface area contributed by atoms with Crippen LogP contribution >= 0.6 is 0 Å². The second-order valence-electron chi connectivity index (χ2n) is 4.95. The first-order valence-electron chi connectivity index (χ1n) is 6.17. The van der Waals surface area contributed by atoms with Gasteiger partial charge in [0.05, 0.1) is 5.92 Å². The molecule has 92 valence electrons. The zero-order valence-electron chi connectivity index (χ0n) is 10.6. The van der Waals surface area contributed by atoms with Crippen molar-refractivity contribution in [1.29, 1.82) is 0 Å². The Kier molecular flexibility index (Phi) is 3.79. The summed E-state index contributed by atoms with van der Waals surface area (Å²) in [6, 6.07) is 8.26. The molecule has 3 heteroatoms. The van der Waals surface area contributed by atoms with Crippen LogP contribution < -0.4 is 5.32 Å². The van der Waals surface area contributed by atoms with Gasteiger partial charge in [-0.15, -0.1) is 0 Å². The van der Waals surface area contributed by atoms with E-state index in [0.29, 0.717) is 6.54 Å². The van der Waals surface area contributed by atoms with Crippen LogP contribution in [0.15, 0.2) is 24.3 Å². The molecule has 2 rings (SSSR count). The van der Waals surface area contributed by atoms with Gasteiger partial charge in [0.1, 0.15) is 0 Å². The van der Waals surface area contributed by atoms with E-state index in [-0.39, 0.29) is 11.8 Å². The summed E-state index contributed by atoms with van der Waals surface area (Å²) >= 11 is 0.